The number of likely N-dealkylation sites (N-methyl/N-ethyl adjacent to an activating group) is 1. The van der Waals surface area contributed by atoms with Crippen LogP contribution in [0, 0.1) is 0 Å². The molecule has 1 aromatic heterocycles. The minimum atomic E-state index is 0.131. The molecule has 3 rings (SSSR count). The number of hydrogen-bond acceptors (Lipinski definition) is 4. The fourth-order valence-electron chi connectivity index (χ4n) is 3.30. The number of nitrogens with zero attached hydrogens (tertiary/aromatic N) is 3. The Labute approximate surface area is 132 Å². The van der Waals surface area contributed by atoms with Crippen LogP contribution in [-0.4, -0.2) is 47.1 Å². The molecule has 1 fully saturated rings. The van der Waals surface area contributed by atoms with Crippen LogP contribution < -0.4 is 10.6 Å². The Bertz CT molecular complexity index is 582. The summed E-state index contributed by atoms with van der Waals surface area (Å²) in [5.41, 5.74) is 9.61. The van der Waals surface area contributed by atoms with Crippen LogP contribution in [0.4, 0.5) is 5.82 Å². The summed E-state index contributed by atoms with van der Waals surface area (Å²) in [4.78, 5) is 10.1. The van der Waals surface area contributed by atoms with Crippen LogP contribution in [-0.2, 0) is 12.8 Å². The van der Waals surface area contributed by atoms with Crippen LogP contribution in [0.1, 0.15) is 37.1 Å². The summed E-state index contributed by atoms with van der Waals surface area (Å²) in [6, 6.07) is 2.18. The van der Waals surface area contributed by atoms with Gasteiger partial charge in [-0.15, -0.1) is 0 Å². The molecule has 0 bridgehead atoms. The van der Waals surface area contributed by atoms with Crippen LogP contribution in [0.2, 0.25) is 0 Å². The van der Waals surface area contributed by atoms with Gasteiger partial charge in [-0.25, -0.2) is 4.98 Å². The van der Waals surface area contributed by atoms with Crippen molar-refractivity contribution in [2.45, 2.75) is 38.6 Å². The molecule has 4 nitrogen and oxygen atoms in total. The Balaban J connectivity index is 2.00. The first-order valence-corrected chi connectivity index (χ1v) is 8.08. The van der Waals surface area contributed by atoms with Gasteiger partial charge in [0.05, 0.1) is 5.56 Å². The van der Waals surface area contributed by atoms with E-state index in [2.05, 4.69) is 36.8 Å². The molecule has 2 N–H and O–H groups in total. The van der Waals surface area contributed by atoms with Crippen molar-refractivity contribution in [3.8, 4) is 0 Å². The largest absolute Gasteiger partial charge is 0.389 e. The highest BCUT2D eigenvalue weighted by Gasteiger charge is 2.33. The average molecular weight is 304 g/mol. The summed E-state index contributed by atoms with van der Waals surface area (Å²) in [5, 5.41) is 0. The molecule has 0 aromatic carbocycles. The zero-order valence-electron chi connectivity index (χ0n) is 13.1. The average Bonchev–Trinajstić information content (AvgIpc) is 2.87. The molecule has 1 aliphatic heterocycles. The Kier molecular flexibility index (Phi) is 3.66. The van der Waals surface area contributed by atoms with Crippen molar-refractivity contribution in [1.29, 1.82) is 0 Å². The summed E-state index contributed by atoms with van der Waals surface area (Å²) in [5.74, 6) is 0.990. The van der Waals surface area contributed by atoms with Gasteiger partial charge in [0, 0.05) is 30.9 Å². The number of fused-ring (bicyclic) bond motifs is 1. The lowest BCUT2D eigenvalue weighted by Crippen LogP contribution is -2.58. The smallest absolute Gasteiger partial charge is 0.139 e. The van der Waals surface area contributed by atoms with E-state index in [4.69, 9.17) is 22.9 Å². The molecule has 0 saturated carbocycles. The quantitative estimate of drug-likeness (QED) is 0.843. The molecule has 1 aliphatic carbocycles. The number of rotatable bonds is 2. The fraction of sp³-hybridized carbons (Fsp3) is 0.625. The number of thiocarbonyl (C=S) groups is 1. The molecule has 0 radical (unpaired) electrons. The first-order valence-electron chi connectivity index (χ1n) is 7.67. The molecule has 1 saturated heterocycles. The Morgan fingerprint density at radius 3 is 2.76 bits per heavy atom. The van der Waals surface area contributed by atoms with E-state index >= 15 is 0 Å². The number of aromatic nitrogens is 1. The molecule has 0 unspecified atom stereocenters. The number of aryl methyl sites for hydroxylation is 2. The SMILES string of the molecule is CN1CCN(c2nc3c(cc2C(N)=S)CCC3)CC1(C)C. The zero-order valence-corrected chi connectivity index (χ0v) is 14.0. The molecule has 21 heavy (non-hydrogen) atoms. The lowest BCUT2D eigenvalue weighted by atomic mass is 9.99. The van der Waals surface area contributed by atoms with Crippen LogP contribution in [0.5, 0.6) is 0 Å². The normalized spacial score (nSPS) is 21.4. The number of piperazine rings is 1. The van der Waals surface area contributed by atoms with Crippen molar-refractivity contribution in [3.05, 3.63) is 22.9 Å². The lowest BCUT2D eigenvalue weighted by molar-refractivity contribution is 0.138. The van der Waals surface area contributed by atoms with Crippen molar-refractivity contribution in [3.63, 3.8) is 0 Å². The molecule has 0 atom stereocenters. The summed E-state index contributed by atoms with van der Waals surface area (Å²) in [6.45, 7) is 7.49. The van der Waals surface area contributed by atoms with Crippen LogP contribution in [0.15, 0.2) is 6.07 Å². The standard InChI is InChI=1S/C16H24N4S/c1-16(2)10-20(8-7-19(16)3)15-12(14(17)21)9-11-5-4-6-13(11)18-15/h9H,4-8,10H2,1-3H3,(H2,17,21). The molecule has 5 heteroatoms. The van der Waals surface area contributed by atoms with E-state index in [1.807, 2.05) is 0 Å². The number of anilines is 1. The van der Waals surface area contributed by atoms with Crippen molar-refractivity contribution in [1.82, 2.24) is 9.88 Å². The first kappa shape index (κ1) is 14.7. The van der Waals surface area contributed by atoms with Crippen LogP contribution >= 0.6 is 12.2 Å². The minimum Gasteiger partial charge on any atom is -0.389 e. The summed E-state index contributed by atoms with van der Waals surface area (Å²) in [7, 11) is 2.18. The Morgan fingerprint density at radius 1 is 1.33 bits per heavy atom. The number of nitrogens with two attached hydrogens (primary N) is 1. The Hall–Kier alpha value is -1.20. The predicted molar refractivity (Wildman–Crippen MR) is 91.1 cm³/mol. The molecule has 114 valence electrons. The molecule has 1 aromatic rings. The second-order valence-electron chi connectivity index (χ2n) is 6.84. The van der Waals surface area contributed by atoms with Crippen molar-refractivity contribution >= 4 is 23.0 Å². The van der Waals surface area contributed by atoms with E-state index in [0.29, 0.717) is 4.99 Å². The van der Waals surface area contributed by atoms with Gasteiger partial charge in [-0.3, -0.25) is 4.90 Å². The molecule has 2 aliphatic rings. The van der Waals surface area contributed by atoms with Gasteiger partial charge in [-0.05, 0) is 51.8 Å². The topological polar surface area (TPSA) is 45.4 Å². The number of pyridine rings is 1. The van der Waals surface area contributed by atoms with Crippen LogP contribution in [0.25, 0.3) is 0 Å². The lowest BCUT2D eigenvalue weighted by Gasteiger charge is -2.46. The summed E-state index contributed by atoms with van der Waals surface area (Å²) >= 11 is 5.27. The molecule has 0 amide bonds. The highest BCUT2D eigenvalue weighted by molar-refractivity contribution is 7.80. The summed E-state index contributed by atoms with van der Waals surface area (Å²) < 4.78 is 0. The van der Waals surface area contributed by atoms with Gasteiger partial charge in [-0.1, -0.05) is 12.2 Å². The first-order chi connectivity index (χ1) is 9.88. The van der Waals surface area contributed by atoms with E-state index in [9.17, 15) is 0 Å². The van der Waals surface area contributed by atoms with Gasteiger partial charge >= 0.3 is 0 Å². The zero-order chi connectivity index (χ0) is 15.2. The number of hydrogen-bond donors (Lipinski definition) is 1. The van der Waals surface area contributed by atoms with Gasteiger partial charge in [0.25, 0.3) is 0 Å². The van der Waals surface area contributed by atoms with E-state index in [1.54, 1.807) is 0 Å². The minimum absolute atomic E-state index is 0.131. The molecule has 0 spiro atoms. The van der Waals surface area contributed by atoms with E-state index < -0.39 is 0 Å². The van der Waals surface area contributed by atoms with Crippen molar-refractivity contribution in [2.75, 3.05) is 31.6 Å². The molecular weight excluding hydrogens is 280 g/mol. The van der Waals surface area contributed by atoms with E-state index in [1.165, 1.54) is 17.7 Å². The van der Waals surface area contributed by atoms with Gasteiger partial charge in [0.1, 0.15) is 10.8 Å². The summed E-state index contributed by atoms with van der Waals surface area (Å²) in [6.07, 6.45) is 3.38. The van der Waals surface area contributed by atoms with E-state index in [0.717, 1.165) is 43.9 Å². The van der Waals surface area contributed by atoms with Gasteiger partial charge in [0.15, 0.2) is 0 Å². The highest BCUT2D eigenvalue weighted by Crippen LogP contribution is 2.30. The highest BCUT2D eigenvalue weighted by atomic mass is 32.1. The second-order valence-corrected chi connectivity index (χ2v) is 7.28. The maximum absolute atomic E-state index is 5.96. The van der Waals surface area contributed by atoms with Crippen molar-refractivity contribution in [2.24, 2.45) is 5.73 Å². The van der Waals surface area contributed by atoms with Crippen molar-refractivity contribution < 1.29 is 0 Å². The third kappa shape index (κ3) is 2.64. The maximum Gasteiger partial charge on any atom is 0.139 e. The molecule has 2 heterocycles. The Morgan fingerprint density at radius 2 is 2.10 bits per heavy atom. The monoisotopic (exact) mass is 304 g/mol. The van der Waals surface area contributed by atoms with Gasteiger partial charge < -0.3 is 10.6 Å². The van der Waals surface area contributed by atoms with Crippen LogP contribution in [0.3, 0.4) is 0 Å². The molecular formula is C16H24N4S. The maximum atomic E-state index is 5.96. The van der Waals surface area contributed by atoms with Gasteiger partial charge in [0.2, 0.25) is 0 Å². The third-order valence-electron chi connectivity index (χ3n) is 4.91. The fourth-order valence-corrected chi connectivity index (χ4v) is 3.45. The van der Waals surface area contributed by atoms with E-state index in [-0.39, 0.29) is 5.54 Å². The van der Waals surface area contributed by atoms with Gasteiger partial charge in [-0.2, -0.15) is 0 Å². The third-order valence-corrected chi connectivity index (χ3v) is 5.13. The second kappa shape index (κ2) is 5.21. The predicted octanol–water partition coefficient (Wildman–Crippen LogP) is 1.73.